The number of carboxylic acid groups (broad SMARTS) is 1. The van der Waals surface area contributed by atoms with E-state index in [0.717, 1.165) is 6.08 Å². The minimum Gasteiger partial charge on any atom is -0.478 e. The predicted octanol–water partition coefficient (Wildman–Crippen LogP) is 4.94. The Balaban J connectivity index is 2.79. The molecule has 0 spiro atoms. The first-order valence-corrected chi connectivity index (χ1v) is 6.44. The van der Waals surface area contributed by atoms with Gasteiger partial charge in [-0.05, 0) is 23.8 Å². The van der Waals surface area contributed by atoms with E-state index < -0.39 is 52.0 Å². The van der Waals surface area contributed by atoms with Gasteiger partial charge in [-0.25, -0.2) is 31.1 Å². The van der Waals surface area contributed by atoms with Crippen LogP contribution in [0.2, 0.25) is 5.02 Å². The smallest absolute Gasteiger partial charge is 0.328 e. The molecule has 0 saturated carbocycles. The van der Waals surface area contributed by atoms with E-state index in [9.17, 15) is 31.1 Å². The molecule has 0 heterocycles. The first-order chi connectivity index (χ1) is 11.1. The molecule has 0 aliphatic rings. The van der Waals surface area contributed by atoms with E-state index in [1.54, 1.807) is 0 Å². The lowest BCUT2D eigenvalue weighted by atomic mass is 10.00. The Bertz CT molecular complexity index is 850. The highest BCUT2D eigenvalue weighted by molar-refractivity contribution is 6.32. The summed E-state index contributed by atoms with van der Waals surface area (Å²) in [5, 5.41) is 8.21. The molecular formula is C15H5ClF6O2. The highest BCUT2D eigenvalue weighted by Gasteiger charge is 2.28. The summed E-state index contributed by atoms with van der Waals surface area (Å²) in [5.74, 6) is -14.0. The zero-order valence-electron chi connectivity index (χ0n) is 11.3. The van der Waals surface area contributed by atoms with Gasteiger partial charge in [0.2, 0.25) is 5.82 Å². The van der Waals surface area contributed by atoms with Gasteiger partial charge in [0.25, 0.3) is 0 Å². The normalized spacial score (nSPS) is 11.3. The Labute approximate surface area is 135 Å². The van der Waals surface area contributed by atoms with Gasteiger partial charge in [-0.2, -0.15) is 0 Å². The number of halogens is 7. The number of aliphatic carboxylic acids is 1. The van der Waals surface area contributed by atoms with E-state index in [2.05, 4.69) is 0 Å². The van der Waals surface area contributed by atoms with E-state index in [0.29, 0.717) is 18.2 Å². The molecule has 1 N–H and O–H groups in total. The van der Waals surface area contributed by atoms with Crippen molar-refractivity contribution in [3.63, 3.8) is 0 Å². The molecule has 24 heavy (non-hydrogen) atoms. The number of benzene rings is 2. The fraction of sp³-hybridized carbons (Fsp3) is 0. The lowest BCUT2D eigenvalue weighted by Gasteiger charge is -2.11. The van der Waals surface area contributed by atoms with Gasteiger partial charge in [0.05, 0.1) is 10.6 Å². The second-order valence-corrected chi connectivity index (χ2v) is 4.88. The summed E-state index contributed by atoms with van der Waals surface area (Å²) >= 11 is 5.66. The summed E-state index contributed by atoms with van der Waals surface area (Å²) in [5.41, 5.74) is -2.64. The molecule has 0 amide bonds. The van der Waals surface area contributed by atoms with E-state index in [4.69, 9.17) is 16.7 Å². The molecule has 0 aromatic heterocycles. The second kappa shape index (κ2) is 6.56. The van der Waals surface area contributed by atoms with Crippen LogP contribution in [0, 0.1) is 34.9 Å². The van der Waals surface area contributed by atoms with Crippen LogP contribution >= 0.6 is 11.6 Å². The molecular weight excluding hydrogens is 362 g/mol. The van der Waals surface area contributed by atoms with Gasteiger partial charge < -0.3 is 5.11 Å². The molecule has 0 aliphatic carbocycles. The summed E-state index contributed by atoms with van der Waals surface area (Å²) < 4.78 is 81.1. The molecule has 2 aromatic rings. The first kappa shape index (κ1) is 17.9. The van der Waals surface area contributed by atoms with Crippen LogP contribution in [0.5, 0.6) is 0 Å². The van der Waals surface area contributed by atoms with Crippen molar-refractivity contribution in [3.05, 3.63) is 63.7 Å². The van der Waals surface area contributed by atoms with Crippen molar-refractivity contribution in [1.82, 2.24) is 0 Å². The molecule has 0 radical (unpaired) electrons. The second-order valence-electron chi connectivity index (χ2n) is 4.47. The van der Waals surface area contributed by atoms with Gasteiger partial charge >= 0.3 is 5.97 Å². The molecule has 0 saturated heterocycles. The number of hydrogen-bond donors (Lipinski definition) is 1. The summed E-state index contributed by atoms with van der Waals surface area (Å²) in [6.07, 6.45) is 1.47. The summed E-state index contributed by atoms with van der Waals surface area (Å²) in [7, 11) is 0. The SMILES string of the molecule is O=C(O)/C=C/c1cc(-c2c(F)c(F)c(F)c(F)c2F)c(F)cc1Cl. The van der Waals surface area contributed by atoms with Gasteiger partial charge in [0, 0.05) is 11.6 Å². The molecule has 9 heteroatoms. The van der Waals surface area contributed by atoms with Crippen molar-refractivity contribution in [2.24, 2.45) is 0 Å². The van der Waals surface area contributed by atoms with Gasteiger partial charge in [-0.1, -0.05) is 11.6 Å². The van der Waals surface area contributed by atoms with Crippen LogP contribution in [-0.4, -0.2) is 11.1 Å². The van der Waals surface area contributed by atoms with Crippen LogP contribution in [0.25, 0.3) is 17.2 Å². The van der Waals surface area contributed by atoms with Crippen LogP contribution in [0.15, 0.2) is 18.2 Å². The van der Waals surface area contributed by atoms with Crippen molar-refractivity contribution in [2.75, 3.05) is 0 Å². The van der Waals surface area contributed by atoms with E-state index in [1.807, 2.05) is 0 Å². The van der Waals surface area contributed by atoms with Crippen molar-refractivity contribution in [1.29, 1.82) is 0 Å². The Morgan fingerprint density at radius 1 is 0.917 bits per heavy atom. The lowest BCUT2D eigenvalue weighted by Crippen LogP contribution is -2.05. The average molecular weight is 367 g/mol. The molecule has 0 bridgehead atoms. The van der Waals surface area contributed by atoms with Crippen LogP contribution in [-0.2, 0) is 4.79 Å². The van der Waals surface area contributed by atoms with Crippen LogP contribution in [0.4, 0.5) is 26.3 Å². The molecule has 126 valence electrons. The molecule has 2 aromatic carbocycles. The summed E-state index contributed by atoms with van der Waals surface area (Å²) in [6, 6.07) is 1.24. The summed E-state index contributed by atoms with van der Waals surface area (Å²) in [4.78, 5) is 10.5. The third kappa shape index (κ3) is 3.09. The van der Waals surface area contributed by atoms with Gasteiger partial charge in [-0.3, -0.25) is 0 Å². The zero-order valence-corrected chi connectivity index (χ0v) is 12.1. The Hall–Kier alpha value is -2.48. The molecule has 0 atom stereocenters. The standard InChI is InChI=1S/C15H5ClF6O2/c16-7-4-8(17)6(3-5(7)1-2-9(23)24)10-11(18)13(20)15(22)14(21)12(10)19/h1-4H,(H,23,24)/b2-1+. The van der Waals surface area contributed by atoms with Crippen molar-refractivity contribution in [3.8, 4) is 11.1 Å². The maximum atomic E-state index is 13.9. The zero-order chi connectivity index (χ0) is 18.2. The summed E-state index contributed by atoms with van der Waals surface area (Å²) in [6.45, 7) is 0. The topological polar surface area (TPSA) is 37.3 Å². The predicted molar refractivity (Wildman–Crippen MR) is 73.3 cm³/mol. The monoisotopic (exact) mass is 366 g/mol. The minimum absolute atomic E-state index is 0.195. The lowest BCUT2D eigenvalue weighted by molar-refractivity contribution is -0.131. The largest absolute Gasteiger partial charge is 0.478 e. The van der Waals surface area contributed by atoms with Crippen molar-refractivity contribution in [2.45, 2.75) is 0 Å². The quantitative estimate of drug-likeness (QED) is 0.361. The number of carboxylic acids is 1. The Morgan fingerprint density at radius 2 is 1.42 bits per heavy atom. The van der Waals surface area contributed by atoms with Crippen molar-refractivity contribution >= 4 is 23.6 Å². The van der Waals surface area contributed by atoms with Crippen LogP contribution in [0.3, 0.4) is 0 Å². The van der Waals surface area contributed by atoms with E-state index >= 15 is 0 Å². The van der Waals surface area contributed by atoms with Gasteiger partial charge in [0.15, 0.2) is 23.3 Å². The molecule has 0 unspecified atom stereocenters. The van der Waals surface area contributed by atoms with E-state index in [1.165, 1.54) is 0 Å². The third-order valence-corrected chi connectivity index (χ3v) is 3.30. The molecule has 2 nitrogen and oxygen atoms in total. The first-order valence-electron chi connectivity index (χ1n) is 6.07. The highest BCUT2D eigenvalue weighted by Crippen LogP contribution is 2.35. The number of carbonyl (C=O) groups is 1. The highest BCUT2D eigenvalue weighted by atomic mass is 35.5. The van der Waals surface area contributed by atoms with Gasteiger partial charge in [0.1, 0.15) is 5.82 Å². The minimum atomic E-state index is -2.38. The molecule has 0 aliphatic heterocycles. The van der Waals surface area contributed by atoms with Crippen LogP contribution in [0.1, 0.15) is 5.56 Å². The van der Waals surface area contributed by atoms with E-state index in [-0.39, 0.29) is 10.6 Å². The molecule has 0 fully saturated rings. The number of rotatable bonds is 3. The van der Waals surface area contributed by atoms with Crippen molar-refractivity contribution < 1.29 is 36.2 Å². The maximum Gasteiger partial charge on any atom is 0.328 e. The van der Waals surface area contributed by atoms with Gasteiger partial charge in [-0.15, -0.1) is 0 Å². The fourth-order valence-corrected chi connectivity index (χ4v) is 2.10. The Morgan fingerprint density at radius 3 is 1.92 bits per heavy atom. The van der Waals surface area contributed by atoms with Crippen LogP contribution < -0.4 is 0 Å². The third-order valence-electron chi connectivity index (χ3n) is 2.97. The maximum absolute atomic E-state index is 13.9. The average Bonchev–Trinajstić information content (AvgIpc) is 2.52. The fourth-order valence-electron chi connectivity index (χ4n) is 1.89. The molecule has 2 rings (SSSR count). The number of hydrogen-bond acceptors (Lipinski definition) is 1. The Kier molecular flexibility index (Phi) is 4.88.